The molecule has 0 aliphatic heterocycles. The Kier molecular flexibility index (Phi) is 4.49. The largest absolute Gasteiger partial charge is 0.396 e. The Labute approximate surface area is 89.6 Å². The second kappa shape index (κ2) is 5.66. The Morgan fingerprint density at radius 2 is 2.07 bits per heavy atom. The smallest absolute Gasteiger partial charge is 0.165 e. The molecule has 0 unspecified atom stereocenters. The number of nitrogens with zero attached hydrogens (tertiary/aromatic N) is 2. The van der Waals surface area contributed by atoms with Gasteiger partial charge < -0.3 is 10.0 Å². The molecular formula is C11H17FN2O. The highest BCUT2D eigenvalue weighted by atomic mass is 19.1. The highest BCUT2D eigenvalue weighted by Gasteiger charge is 2.10. The van der Waals surface area contributed by atoms with Gasteiger partial charge in [0.25, 0.3) is 0 Å². The third-order valence-corrected chi connectivity index (χ3v) is 2.34. The molecule has 15 heavy (non-hydrogen) atoms. The van der Waals surface area contributed by atoms with E-state index in [-0.39, 0.29) is 12.4 Å². The van der Waals surface area contributed by atoms with Crippen molar-refractivity contribution in [3.05, 3.63) is 23.6 Å². The van der Waals surface area contributed by atoms with Gasteiger partial charge in [0.2, 0.25) is 0 Å². The molecule has 1 rings (SSSR count). The summed E-state index contributed by atoms with van der Waals surface area (Å²) in [4.78, 5) is 5.94. The molecule has 4 heteroatoms. The summed E-state index contributed by atoms with van der Waals surface area (Å²) in [7, 11) is 0. The van der Waals surface area contributed by atoms with Crippen molar-refractivity contribution in [2.24, 2.45) is 0 Å². The van der Waals surface area contributed by atoms with Crippen LogP contribution in [0, 0.1) is 5.82 Å². The molecule has 1 aromatic heterocycles. The van der Waals surface area contributed by atoms with Gasteiger partial charge in [-0.3, -0.25) is 0 Å². The van der Waals surface area contributed by atoms with Crippen LogP contribution >= 0.6 is 0 Å². The summed E-state index contributed by atoms with van der Waals surface area (Å²) in [6.45, 7) is 5.42. The number of hydrogen-bond donors (Lipinski definition) is 1. The number of aliphatic hydroxyl groups excluding tert-OH is 1. The van der Waals surface area contributed by atoms with E-state index >= 15 is 0 Å². The lowest BCUT2D eigenvalue weighted by Gasteiger charge is -2.20. The van der Waals surface area contributed by atoms with Crippen LogP contribution in [0.2, 0.25) is 0 Å². The molecule has 0 spiro atoms. The molecule has 0 bridgehead atoms. The molecule has 0 amide bonds. The van der Waals surface area contributed by atoms with Gasteiger partial charge in [0.05, 0.1) is 0 Å². The highest BCUT2D eigenvalue weighted by Crippen LogP contribution is 2.16. The fraction of sp³-hybridized carbons (Fsp3) is 0.545. The van der Waals surface area contributed by atoms with Crippen LogP contribution in [0.5, 0.6) is 0 Å². The number of pyridine rings is 1. The van der Waals surface area contributed by atoms with Gasteiger partial charge >= 0.3 is 0 Å². The highest BCUT2D eigenvalue weighted by molar-refractivity contribution is 5.40. The summed E-state index contributed by atoms with van der Waals surface area (Å²) < 4.78 is 13.6. The molecule has 0 saturated heterocycles. The maximum Gasteiger partial charge on any atom is 0.165 e. The van der Waals surface area contributed by atoms with Crippen LogP contribution in [0.3, 0.4) is 0 Å². The van der Waals surface area contributed by atoms with Gasteiger partial charge in [-0.2, -0.15) is 0 Å². The molecule has 84 valence electrons. The first-order valence-electron chi connectivity index (χ1n) is 5.23. The first kappa shape index (κ1) is 11.9. The summed E-state index contributed by atoms with van der Waals surface area (Å²) in [6.07, 6.45) is 2.06. The summed E-state index contributed by atoms with van der Waals surface area (Å²) in [6, 6.07) is 1.44. The van der Waals surface area contributed by atoms with Crippen LogP contribution in [0.1, 0.15) is 19.4 Å². The van der Waals surface area contributed by atoms with E-state index in [9.17, 15) is 4.39 Å². The van der Waals surface area contributed by atoms with Gasteiger partial charge in [-0.05, 0) is 31.9 Å². The van der Waals surface area contributed by atoms with Crippen LogP contribution in [0.25, 0.3) is 0 Å². The molecule has 0 fully saturated rings. The second-order valence-electron chi connectivity index (χ2n) is 3.29. The third-order valence-electron chi connectivity index (χ3n) is 2.34. The zero-order chi connectivity index (χ0) is 11.3. The molecule has 0 radical (unpaired) electrons. The normalized spacial score (nSPS) is 10.4. The molecule has 0 saturated carbocycles. The Morgan fingerprint density at radius 1 is 1.40 bits per heavy atom. The molecule has 1 N–H and O–H groups in total. The first-order chi connectivity index (χ1) is 7.22. The summed E-state index contributed by atoms with van der Waals surface area (Å²) in [5, 5.41) is 8.72. The van der Waals surface area contributed by atoms with Crippen LogP contribution < -0.4 is 4.90 Å². The van der Waals surface area contributed by atoms with Crippen molar-refractivity contribution < 1.29 is 9.50 Å². The van der Waals surface area contributed by atoms with Crippen molar-refractivity contribution >= 4 is 5.82 Å². The molecule has 3 nitrogen and oxygen atoms in total. The van der Waals surface area contributed by atoms with E-state index in [1.807, 2.05) is 18.7 Å². The Bertz CT molecular complexity index is 313. The maximum atomic E-state index is 13.6. The number of hydrogen-bond acceptors (Lipinski definition) is 3. The number of aromatic nitrogens is 1. The van der Waals surface area contributed by atoms with Crippen molar-refractivity contribution in [1.82, 2.24) is 4.98 Å². The van der Waals surface area contributed by atoms with Crippen LogP contribution in [0.15, 0.2) is 12.3 Å². The zero-order valence-electron chi connectivity index (χ0n) is 9.20. The van der Waals surface area contributed by atoms with E-state index in [0.29, 0.717) is 12.2 Å². The van der Waals surface area contributed by atoms with E-state index in [1.165, 1.54) is 6.07 Å². The lowest BCUT2D eigenvalue weighted by Crippen LogP contribution is -2.24. The van der Waals surface area contributed by atoms with E-state index in [0.717, 1.165) is 18.7 Å². The Balaban J connectivity index is 2.91. The molecule has 0 aliphatic rings. The van der Waals surface area contributed by atoms with Crippen molar-refractivity contribution in [3.63, 3.8) is 0 Å². The standard InChI is InChI=1S/C11H17FN2O/c1-3-14(4-2)11-10(12)7-9(5-6-15)8-13-11/h7-8,15H,3-6H2,1-2H3. The monoisotopic (exact) mass is 212 g/mol. The fourth-order valence-corrected chi connectivity index (χ4v) is 1.49. The van der Waals surface area contributed by atoms with Gasteiger partial charge in [-0.25, -0.2) is 9.37 Å². The summed E-state index contributed by atoms with van der Waals surface area (Å²) in [5.41, 5.74) is 0.728. The molecule has 0 aromatic carbocycles. The van der Waals surface area contributed by atoms with Crippen molar-refractivity contribution in [2.45, 2.75) is 20.3 Å². The van der Waals surface area contributed by atoms with Crippen LogP contribution in [0.4, 0.5) is 10.2 Å². The minimum absolute atomic E-state index is 0.0196. The number of rotatable bonds is 5. The average molecular weight is 212 g/mol. The van der Waals surface area contributed by atoms with E-state index in [4.69, 9.17) is 5.11 Å². The number of anilines is 1. The SMILES string of the molecule is CCN(CC)c1ncc(CCO)cc1F. The van der Waals surface area contributed by atoms with Gasteiger partial charge in [0, 0.05) is 25.9 Å². The lowest BCUT2D eigenvalue weighted by molar-refractivity contribution is 0.299. The minimum atomic E-state index is -0.315. The third kappa shape index (κ3) is 2.89. The van der Waals surface area contributed by atoms with Gasteiger partial charge in [-0.15, -0.1) is 0 Å². The molecular weight excluding hydrogens is 195 g/mol. The van der Waals surface area contributed by atoms with Crippen molar-refractivity contribution in [3.8, 4) is 0 Å². The number of halogens is 1. The van der Waals surface area contributed by atoms with Crippen LogP contribution in [-0.4, -0.2) is 29.8 Å². The minimum Gasteiger partial charge on any atom is -0.396 e. The Morgan fingerprint density at radius 3 is 2.53 bits per heavy atom. The fourth-order valence-electron chi connectivity index (χ4n) is 1.49. The average Bonchev–Trinajstić information content (AvgIpc) is 2.23. The van der Waals surface area contributed by atoms with E-state index < -0.39 is 0 Å². The molecule has 0 aliphatic carbocycles. The second-order valence-corrected chi connectivity index (χ2v) is 3.29. The van der Waals surface area contributed by atoms with Crippen LogP contribution in [-0.2, 0) is 6.42 Å². The molecule has 1 aromatic rings. The van der Waals surface area contributed by atoms with Crippen molar-refractivity contribution in [1.29, 1.82) is 0 Å². The lowest BCUT2D eigenvalue weighted by atomic mass is 10.2. The van der Waals surface area contributed by atoms with Crippen molar-refractivity contribution in [2.75, 3.05) is 24.6 Å². The van der Waals surface area contributed by atoms with Gasteiger partial charge in [0.15, 0.2) is 11.6 Å². The van der Waals surface area contributed by atoms with E-state index in [1.54, 1.807) is 6.20 Å². The predicted octanol–water partition coefficient (Wildman–Crippen LogP) is 1.60. The zero-order valence-corrected chi connectivity index (χ0v) is 9.20. The van der Waals surface area contributed by atoms with Gasteiger partial charge in [0.1, 0.15) is 0 Å². The molecule has 1 heterocycles. The predicted molar refractivity (Wildman–Crippen MR) is 58.5 cm³/mol. The number of aliphatic hydroxyl groups is 1. The summed E-state index contributed by atoms with van der Waals surface area (Å²) >= 11 is 0. The molecule has 0 atom stereocenters. The maximum absolute atomic E-state index is 13.6. The Hall–Kier alpha value is -1.16. The summed E-state index contributed by atoms with van der Waals surface area (Å²) in [5.74, 6) is 0.0753. The van der Waals surface area contributed by atoms with E-state index in [2.05, 4.69) is 4.98 Å². The quantitative estimate of drug-likeness (QED) is 0.805. The first-order valence-corrected chi connectivity index (χ1v) is 5.23. The van der Waals surface area contributed by atoms with Gasteiger partial charge in [-0.1, -0.05) is 0 Å². The topological polar surface area (TPSA) is 36.4 Å².